The molecule has 0 aliphatic carbocycles. The summed E-state index contributed by atoms with van der Waals surface area (Å²) in [5.41, 5.74) is 2.35. The Morgan fingerprint density at radius 2 is 1.81 bits per heavy atom. The fourth-order valence-corrected chi connectivity index (χ4v) is 4.38. The van der Waals surface area contributed by atoms with Gasteiger partial charge in [-0.1, -0.05) is 12.1 Å². The average Bonchev–Trinajstić information content (AvgIpc) is 2.73. The van der Waals surface area contributed by atoms with Crippen molar-refractivity contribution in [3.05, 3.63) is 51.9 Å². The predicted octanol–water partition coefficient (Wildman–Crippen LogP) is 5.05. The van der Waals surface area contributed by atoms with Gasteiger partial charge in [-0.3, -0.25) is 0 Å². The van der Waals surface area contributed by atoms with Gasteiger partial charge in [0, 0.05) is 16.0 Å². The summed E-state index contributed by atoms with van der Waals surface area (Å²) in [6, 6.07) is 6.63. The Balaban J connectivity index is 1.94. The van der Waals surface area contributed by atoms with Crippen LogP contribution < -0.4 is 0 Å². The van der Waals surface area contributed by atoms with E-state index in [0.717, 1.165) is 32.4 Å². The van der Waals surface area contributed by atoms with Crippen LogP contribution in [0.5, 0.6) is 0 Å². The van der Waals surface area contributed by atoms with Gasteiger partial charge in [-0.2, -0.15) is 0 Å². The third-order valence-electron chi connectivity index (χ3n) is 3.40. The molecule has 0 aliphatic rings. The lowest BCUT2D eigenvalue weighted by atomic mass is 10.2. The van der Waals surface area contributed by atoms with E-state index in [-0.39, 0.29) is 5.82 Å². The summed E-state index contributed by atoms with van der Waals surface area (Å²) >= 11 is 3.40. The highest BCUT2D eigenvalue weighted by Crippen LogP contribution is 2.36. The number of halogens is 1. The van der Waals surface area contributed by atoms with Crippen molar-refractivity contribution in [2.45, 2.75) is 31.6 Å². The Morgan fingerprint density at radius 3 is 2.52 bits per heavy atom. The number of thioether (sulfide) groups is 1. The first kappa shape index (κ1) is 14.5. The first-order valence-corrected chi connectivity index (χ1v) is 8.46. The monoisotopic (exact) mass is 318 g/mol. The lowest BCUT2D eigenvalue weighted by Crippen LogP contribution is -1.92. The van der Waals surface area contributed by atoms with Crippen LogP contribution in [-0.4, -0.2) is 9.97 Å². The highest BCUT2D eigenvalue weighted by atomic mass is 32.2. The molecule has 2 aromatic heterocycles. The van der Waals surface area contributed by atoms with Crippen LogP contribution in [0.2, 0.25) is 0 Å². The maximum atomic E-state index is 12.9. The van der Waals surface area contributed by atoms with E-state index in [0.29, 0.717) is 0 Å². The molecule has 2 nitrogen and oxygen atoms in total. The zero-order chi connectivity index (χ0) is 15.0. The molecule has 0 saturated heterocycles. The molecule has 0 aliphatic heterocycles. The maximum absolute atomic E-state index is 12.9. The fraction of sp³-hybridized carbons (Fsp3) is 0.250. The third kappa shape index (κ3) is 2.94. The van der Waals surface area contributed by atoms with Crippen LogP contribution in [-0.2, 0) is 5.75 Å². The molecule has 3 rings (SSSR count). The maximum Gasteiger partial charge on any atom is 0.128 e. The van der Waals surface area contributed by atoms with Crippen molar-refractivity contribution >= 4 is 33.3 Å². The van der Waals surface area contributed by atoms with Crippen molar-refractivity contribution in [1.82, 2.24) is 9.97 Å². The molecular weight excluding hydrogens is 303 g/mol. The number of hydrogen-bond acceptors (Lipinski definition) is 4. The van der Waals surface area contributed by atoms with Crippen molar-refractivity contribution in [2.24, 2.45) is 0 Å². The molecule has 5 heteroatoms. The van der Waals surface area contributed by atoms with Crippen LogP contribution in [0.4, 0.5) is 4.39 Å². The number of fused-ring (bicyclic) bond motifs is 1. The molecule has 0 N–H and O–H groups in total. The van der Waals surface area contributed by atoms with Gasteiger partial charge >= 0.3 is 0 Å². The van der Waals surface area contributed by atoms with Gasteiger partial charge in [-0.25, -0.2) is 14.4 Å². The van der Waals surface area contributed by atoms with Gasteiger partial charge < -0.3 is 0 Å². The highest BCUT2D eigenvalue weighted by Gasteiger charge is 2.13. The quantitative estimate of drug-likeness (QED) is 0.499. The molecular formula is C16H15FN2S2. The Bertz CT molecular complexity index is 794. The average molecular weight is 318 g/mol. The van der Waals surface area contributed by atoms with E-state index in [1.807, 2.05) is 19.1 Å². The zero-order valence-corrected chi connectivity index (χ0v) is 13.7. The van der Waals surface area contributed by atoms with Crippen molar-refractivity contribution in [2.75, 3.05) is 0 Å². The smallest absolute Gasteiger partial charge is 0.128 e. The molecule has 3 aromatic rings. The molecule has 0 atom stereocenters. The molecule has 0 fully saturated rings. The van der Waals surface area contributed by atoms with Gasteiger partial charge in [0.2, 0.25) is 0 Å². The fourth-order valence-electron chi connectivity index (χ4n) is 2.15. The number of aromatic nitrogens is 2. The van der Waals surface area contributed by atoms with Crippen LogP contribution in [0.1, 0.15) is 21.8 Å². The Kier molecular flexibility index (Phi) is 3.95. The second kappa shape index (κ2) is 5.73. The van der Waals surface area contributed by atoms with Crippen LogP contribution in [0.25, 0.3) is 10.2 Å². The molecule has 0 amide bonds. The summed E-state index contributed by atoms with van der Waals surface area (Å²) in [6.07, 6.45) is 0. The first-order chi connectivity index (χ1) is 10.0. The van der Waals surface area contributed by atoms with Crippen molar-refractivity contribution < 1.29 is 4.39 Å². The summed E-state index contributed by atoms with van der Waals surface area (Å²) in [6.45, 7) is 6.16. The van der Waals surface area contributed by atoms with E-state index in [4.69, 9.17) is 0 Å². The number of aryl methyl sites for hydroxylation is 3. The molecule has 2 heterocycles. The van der Waals surface area contributed by atoms with Gasteiger partial charge in [0.25, 0.3) is 0 Å². The second-order valence-corrected chi connectivity index (χ2v) is 7.12. The Hall–Kier alpha value is -1.46. The van der Waals surface area contributed by atoms with Gasteiger partial charge in [0.1, 0.15) is 21.5 Å². The number of nitrogens with zero attached hydrogens (tertiary/aromatic N) is 2. The van der Waals surface area contributed by atoms with E-state index >= 15 is 0 Å². The van der Waals surface area contributed by atoms with Crippen molar-refractivity contribution in [3.8, 4) is 0 Å². The van der Waals surface area contributed by atoms with E-state index in [1.54, 1.807) is 23.1 Å². The Labute approximate surface area is 131 Å². The van der Waals surface area contributed by atoms with Gasteiger partial charge in [-0.15, -0.1) is 23.1 Å². The van der Waals surface area contributed by atoms with Gasteiger partial charge in [0.05, 0.1) is 0 Å². The van der Waals surface area contributed by atoms with Crippen LogP contribution >= 0.6 is 23.1 Å². The topological polar surface area (TPSA) is 25.8 Å². The molecule has 21 heavy (non-hydrogen) atoms. The summed E-state index contributed by atoms with van der Waals surface area (Å²) in [5.74, 6) is 1.37. The standard InChI is InChI=1S/C16H15FN2S2/c1-9-10(2)21-16-14(9)15(18-11(3)19-16)20-8-12-4-6-13(17)7-5-12/h4-7H,8H2,1-3H3. The number of hydrogen-bond donors (Lipinski definition) is 0. The predicted molar refractivity (Wildman–Crippen MR) is 87.6 cm³/mol. The largest absolute Gasteiger partial charge is 0.226 e. The first-order valence-electron chi connectivity index (χ1n) is 6.66. The third-order valence-corrected chi connectivity index (χ3v) is 5.54. The second-order valence-electron chi connectivity index (χ2n) is 4.95. The van der Waals surface area contributed by atoms with Crippen molar-refractivity contribution in [3.63, 3.8) is 0 Å². The number of thiophene rings is 1. The minimum absolute atomic E-state index is 0.201. The normalized spacial score (nSPS) is 11.2. The van der Waals surface area contributed by atoms with Crippen molar-refractivity contribution in [1.29, 1.82) is 0 Å². The molecule has 1 aromatic carbocycles. The Morgan fingerprint density at radius 1 is 1.10 bits per heavy atom. The molecule has 0 unspecified atom stereocenters. The number of rotatable bonds is 3. The lowest BCUT2D eigenvalue weighted by molar-refractivity contribution is 0.627. The van der Waals surface area contributed by atoms with E-state index < -0.39 is 0 Å². The van der Waals surface area contributed by atoms with E-state index in [9.17, 15) is 4.39 Å². The minimum Gasteiger partial charge on any atom is -0.226 e. The summed E-state index contributed by atoms with van der Waals surface area (Å²) < 4.78 is 12.9. The zero-order valence-electron chi connectivity index (χ0n) is 12.1. The summed E-state index contributed by atoms with van der Waals surface area (Å²) in [4.78, 5) is 11.5. The minimum atomic E-state index is -0.201. The van der Waals surface area contributed by atoms with Crippen LogP contribution in [0, 0.1) is 26.6 Å². The van der Waals surface area contributed by atoms with Crippen LogP contribution in [0.15, 0.2) is 29.3 Å². The lowest BCUT2D eigenvalue weighted by Gasteiger charge is -2.05. The van der Waals surface area contributed by atoms with Crippen LogP contribution in [0.3, 0.4) is 0 Å². The van der Waals surface area contributed by atoms with Gasteiger partial charge in [-0.05, 0) is 44.0 Å². The van der Waals surface area contributed by atoms with E-state index in [2.05, 4.69) is 23.8 Å². The molecule has 0 radical (unpaired) electrons. The molecule has 0 spiro atoms. The molecule has 0 bridgehead atoms. The van der Waals surface area contributed by atoms with E-state index in [1.165, 1.54) is 22.6 Å². The number of benzene rings is 1. The summed E-state index contributed by atoms with van der Waals surface area (Å²) in [5, 5.41) is 2.18. The summed E-state index contributed by atoms with van der Waals surface area (Å²) in [7, 11) is 0. The highest BCUT2D eigenvalue weighted by molar-refractivity contribution is 7.98. The SMILES string of the molecule is Cc1nc(SCc2ccc(F)cc2)c2c(C)c(C)sc2n1. The van der Waals surface area contributed by atoms with Gasteiger partial charge in [0.15, 0.2) is 0 Å². The molecule has 0 saturated carbocycles. The molecule has 108 valence electrons.